The number of ketones is 1. The summed E-state index contributed by atoms with van der Waals surface area (Å²) < 4.78 is 18.4. The van der Waals surface area contributed by atoms with Gasteiger partial charge >= 0.3 is 0 Å². The van der Waals surface area contributed by atoms with E-state index in [-0.39, 0.29) is 29.3 Å². The molecule has 0 radical (unpaired) electrons. The van der Waals surface area contributed by atoms with Gasteiger partial charge in [-0.25, -0.2) is 4.39 Å². The fraction of sp³-hybridized carbons (Fsp3) is 0.680. The summed E-state index contributed by atoms with van der Waals surface area (Å²) in [6, 6.07) is 6.27. The van der Waals surface area contributed by atoms with Crippen LogP contribution in [-0.2, 0) is 9.53 Å². The average molecular weight is 431 g/mol. The summed E-state index contributed by atoms with van der Waals surface area (Å²) in [5.74, 6) is 0.887. The van der Waals surface area contributed by atoms with E-state index in [9.17, 15) is 14.0 Å². The lowest BCUT2D eigenvalue weighted by Gasteiger charge is -2.34. The summed E-state index contributed by atoms with van der Waals surface area (Å²) in [6.45, 7) is 4.31. The summed E-state index contributed by atoms with van der Waals surface area (Å²) in [6.07, 6.45) is 8.37. The van der Waals surface area contributed by atoms with Crippen molar-refractivity contribution in [3.8, 4) is 0 Å². The minimum atomic E-state index is -0.300. The molecular weight excluding hydrogens is 395 g/mol. The number of carbonyl (C=O) groups excluding carboxylic acids is 2. The van der Waals surface area contributed by atoms with Gasteiger partial charge in [-0.15, -0.1) is 0 Å². The zero-order chi connectivity index (χ0) is 21.6. The summed E-state index contributed by atoms with van der Waals surface area (Å²) in [5.41, 5.74) is 0.629. The normalized spacial score (nSPS) is 27.8. The maximum Gasteiger partial charge on any atom is 0.225 e. The van der Waals surface area contributed by atoms with E-state index in [1.165, 1.54) is 31.4 Å². The largest absolute Gasteiger partial charge is 0.381 e. The van der Waals surface area contributed by atoms with E-state index in [0.29, 0.717) is 24.8 Å². The molecule has 170 valence electrons. The first-order valence-corrected chi connectivity index (χ1v) is 12.0. The van der Waals surface area contributed by atoms with Crippen molar-refractivity contribution < 1.29 is 18.7 Å². The third kappa shape index (κ3) is 6.13. The number of halogens is 1. The molecule has 0 aromatic heterocycles. The van der Waals surface area contributed by atoms with Gasteiger partial charge in [0.05, 0.1) is 12.5 Å². The van der Waals surface area contributed by atoms with E-state index in [4.69, 9.17) is 4.74 Å². The summed E-state index contributed by atoms with van der Waals surface area (Å²) in [5, 5.41) is 3.24. The fourth-order valence-electron chi connectivity index (χ4n) is 5.29. The first-order valence-electron chi connectivity index (χ1n) is 12.0. The Balaban J connectivity index is 1.12. The van der Waals surface area contributed by atoms with Crippen molar-refractivity contribution in [2.75, 3.05) is 32.8 Å². The van der Waals surface area contributed by atoms with E-state index in [0.717, 1.165) is 57.7 Å². The quantitative estimate of drug-likeness (QED) is 0.668. The predicted octanol–water partition coefficient (Wildman–Crippen LogP) is 3.82. The Bertz CT molecular complexity index is 732. The topological polar surface area (TPSA) is 58.6 Å². The molecule has 2 aliphatic heterocycles. The van der Waals surface area contributed by atoms with Gasteiger partial charge < -0.3 is 15.0 Å². The van der Waals surface area contributed by atoms with Gasteiger partial charge in [0.25, 0.3) is 0 Å². The van der Waals surface area contributed by atoms with Crippen LogP contribution in [0.5, 0.6) is 0 Å². The first-order chi connectivity index (χ1) is 15.1. The van der Waals surface area contributed by atoms with Crippen LogP contribution >= 0.6 is 0 Å². The molecule has 2 saturated heterocycles. The van der Waals surface area contributed by atoms with Crippen LogP contribution in [0.25, 0.3) is 0 Å². The highest BCUT2D eigenvalue weighted by atomic mass is 19.1. The minimum absolute atomic E-state index is 0.0515. The van der Waals surface area contributed by atoms with Crippen molar-refractivity contribution in [3.05, 3.63) is 35.6 Å². The molecule has 1 aliphatic carbocycles. The fourth-order valence-corrected chi connectivity index (χ4v) is 5.29. The average Bonchev–Trinajstić information content (AvgIpc) is 3.34. The smallest absolute Gasteiger partial charge is 0.225 e. The molecule has 2 heterocycles. The molecule has 1 saturated carbocycles. The van der Waals surface area contributed by atoms with Gasteiger partial charge in [-0.2, -0.15) is 0 Å². The summed E-state index contributed by atoms with van der Waals surface area (Å²) >= 11 is 0. The van der Waals surface area contributed by atoms with Gasteiger partial charge in [0.15, 0.2) is 5.78 Å². The molecule has 6 heteroatoms. The second kappa shape index (κ2) is 10.7. The molecule has 4 rings (SSSR count). The van der Waals surface area contributed by atoms with Crippen molar-refractivity contribution in [2.45, 2.75) is 57.4 Å². The second-order valence-corrected chi connectivity index (χ2v) is 9.56. The van der Waals surface area contributed by atoms with Gasteiger partial charge in [-0.1, -0.05) is 0 Å². The van der Waals surface area contributed by atoms with Crippen LogP contribution in [-0.4, -0.2) is 55.5 Å². The summed E-state index contributed by atoms with van der Waals surface area (Å²) in [4.78, 5) is 27.4. The number of piperidine rings is 1. The molecule has 1 amide bonds. The number of benzene rings is 1. The molecule has 5 nitrogen and oxygen atoms in total. The Morgan fingerprint density at radius 2 is 1.68 bits per heavy atom. The number of carbonyl (C=O) groups is 2. The van der Waals surface area contributed by atoms with Gasteiger partial charge in [0, 0.05) is 24.1 Å². The lowest BCUT2D eigenvalue weighted by molar-refractivity contribution is -0.126. The molecule has 1 atom stereocenters. The number of amides is 1. The molecule has 0 spiro atoms. The molecule has 31 heavy (non-hydrogen) atoms. The molecule has 1 N–H and O–H groups in total. The van der Waals surface area contributed by atoms with E-state index in [2.05, 4.69) is 10.2 Å². The van der Waals surface area contributed by atoms with E-state index >= 15 is 0 Å². The standard InChI is InChI=1S/C25H35FN2O3/c26-22-5-3-19(4-6-22)24(29)20-10-14-28(15-11-20)13-9-18-1-7-23(8-2-18)27-25(30)21-12-16-31-17-21/h3-6,18,20-21,23H,1-2,7-17H2,(H,27,30)/t18-,21?,23-. The van der Waals surface area contributed by atoms with Crippen LogP contribution in [0.3, 0.4) is 0 Å². The Kier molecular flexibility index (Phi) is 7.72. The number of likely N-dealkylation sites (tertiary alicyclic amines) is 1. The van der Waals surface area contributed by atoms with E-state index in [1.54, 1.807) is 12.1 Å². The molecule has 1 aromatic rings. The SMILES string of the molecule is O=C(N[C@H]1CC[C@H](CCN2CCC(C(=O)c3ccc(F)cc3)CC2)CC1)C1CCOC1. The van der Waals surface area contributed by atoms with Gasteiger partial charge in [0.1, 0.15) is 5.82 Å². The third-order valence-electron chi connectivity index (χ3n) is 7.43. The lowest BCUT2D eigenvalue weighted by Crippen LogP contribution is -2.41. The molecular formula is C25H35FN2O3. The van der Waals surface area contributed by atoms with E-state index < -0.39 is 0 Å². The van der Waals surface area contributed by atoms with Crippen LogP contribution in [0.15, 0.2) is 24.3 Å². The number of hydrogen-bond donors (Lipinski definition) is 1. The molecule has 3 aliphatic rings. The molecule has 1 aromatic carbocycles. The second-order valence-electron chi connectivity index (χ2n) is 9.56. The number of nitrogens with zero attached hydrogens (tertiary/aromatic N) is 1. The lowest BCUT2D eigenvalue weighted by atomic mass is 9.83. The summed E-state index contributed by atoms with van der Waals surface area (Å²) in [7, 11) is 0. The zero-order valence-corrected chi connectivity index (χ0v) is 18.4. The maximum atomic E-state index is 13.1. The minimum Gasteiger partial charge on any atom is -0.381 e. The van der Waals surface area contributed by atoms with Gasteiger partial charge in [0.2, 0.25) is 5.91 Å². The number of hydrogen-bond acceptors (Lipinski definition) is 4. The highest BCUT2D eigenvalue weighted by Gasteiger charge is 2.29. The Labute approximate surface area is 184 Å². The van der Waals surface area contributed by atoms with Crippen LogP contribution in [0.4, 0.5) is 4.39 Å². The predicted molar refractivity (Wildman–Crippen MR) is 117 cm³/mol. The maximum absolute atomic E-state index is 13.1. The Hall–Kier alpha value is -1.79. The van der Waals surface area contributed by atoms with Crippen LogP contribution < -0.4 is 5.32 Å². The molecule has 1 unspecified atom stereocenters. The zero-order valence-electron chi connectivity index (χ0n) is 18.4. The van der Waals surface area contributed by atoms with Crippen molar-refractivity contribution >= 4 is 11.7 Å². The molecule has 3 fully saturated rings. The Morgan fingerprint density at radius 1 is 0.968 bits per heavy atom. The highest BCUT2D eigenvalue weighted by molar-refractivity contribution is 5.97. The van der Waals surface area contributed by atoms with Crippen molar-refractivity contribution in [3.63, 3.8) is 0 Å². The number of rotatable bonds is 7. The number of nitrogens with one attached hydrogen (secondary N) is 1. The van der Waals surface area contributed by atoms with E-state index in [1.807, 2.05) is 0 Å². The van der Waals surface area contributed by atoms with Gasteiger partial charge in [-0.05, 0) is 101 Å². The van der Waals surface area contributed by atoms with Crippen molar-refractivity contribution in [1.82, 2.24) is 10.2 Å². The third-order valence-corrected chi connectivity index (χ3v) is 7.43. The highest BCUT2D eigenvalue weighted by Crippen LogP contribution is 2.29. The number of Topliss-reactive ketones (excluding diaryl/α,β-unsaturated/α-hetero) is 1. The van der Waals surface area contributed by atoms with Crippen LogP contribution in [0.2, 0.25) is 0 Å². The van der Waals surface area contributed by atoms with Crippen molar-refractivity contribution in [1.29, 1.82) is 0 Å². The van der Waals surface area contributed by atoms with Crippen LogP contribution in [0, 0.1) is 23.6 Å². The monoisotopic (exact) mass is 430 g/mol. The first kappa shape index (κ1) is 22.4. The van der Waals surface area contributed by atoms with Gasteiger partial charge in [-0.3, -0.25) is 9.59 Å². The Morgan fingerprint density at radius 3 is 2.32 bits per heavy atom. The number of ether oxygens (including phenoxy) is 1. The van der Waals surface area contributed by atoms with Crippen LogP contribution in [0.1, 0.15) is 61.7 Å². The van der Waals surface area contributed by atoms with Crippen molar-refractivity contribution in [2.24, 2.45) is 17.8 Å². The molecule has 0 bridgehead atoms.